The Bertz CT molecular complexity index is 1520. The van der Waals surface area contributed by atoms with Gasteiger partial charge in [0.15, 0.2) is 0 Å². The molecule has 196 valence electrons. The van der Waals surface area contributed by atoms with Crippen LogP contribution in [0, 0.1) is 20.8 Å². The van der Waals surface area contributed by atoms with Crippen molar-refractivity contribution >= 4 is 28.4 Å². The Morgan fingerprint density at radius 2 is 1.76 bits per heavy atom. The number of ether oxygens (including phenoxy) is 1. The minimum absolute atomic E-state index is 0.0272. The normalized spacial score (nSPS) is 15.8. The lowest BCUT2D eigenvalue weighted by Crippen LogP contribution is -2.36. The van der Waals surface area contributed by atoms with Gasteiger partial charge < -0.3 is 19.3 Å². The minimum atomic E-state index is -0.822. The second kappa shape index (κ2) is 9.89. The maximum absolute atomic E-state index is 12.1. The number of carbonyl (C=O) groups is 1. The number of aliphatic carboxylic acids is 1. The van der Waals surface area contributed by atoms with Crippen LogP contribution in [0.2, 0.25) is 0 Å². The number of morpholine rings is 1. The van der Waals surface area contributed by atoms with Crippen molar-refractivity contribution in [1.29, 1.82) is 0 Å². The molecule has 1 N–H and O–H groups in total. The lowest BCUT2D eigenvalue weighted by atomic mass is 9.88. The molecule has 4 aromatic rings. The molecule has 0 saturated carbocycles. The van der Waals surface area contributed by atoms with E-state index >= 15 is 0 Å². The molecule has 1 fully saturated rings. The van der Waals surface area contributed by atoms with Gasteiger partial charge in [-0.25, -0.2) is 4.98 Å². The molecular weight excluding hydrogens is 476 g/mol. The topological polar surface area (TPSA) is 70.8 Å². The highest BCUT2D eigenvalue weighted by Crippen LogP contribution is 2.46. The second-order valence-electron chi connectivity index (χ2n) is 10.5. The Kier molecular flexibility index (Phi) is 6.41. The van der Waals surface area contributed by atoms with E-state index in [2.05, 4.69) is 83.7 Å². The van der Waals surface area contributed by atoms with Crippen LogP contribution in [0.1, 0.15) is 28.1 Å². The van der Waals surface area contributed by atoms with E-state index in [-0.39, 0.29) is 6.42 Å². The minimum Gasteiger partial charge on any atom is -0.481 e. The van der Waals surface area contributed by atoms with Gasteiger partial charge in [-0.3, -0.25) is 9.69 Å². The van der Waals surface area contributed by atoms with Gasteiger partial charge in [-0.05, 0) is 61.2 Å². The van der Waals surface area contributed by atoms with E-state index < -0.39 is 5.97 Å². The summed E-state index contributed by atoms with van der Waals surface area (Å²) in [6.07, 6.45) is -0.0272. The zero-order valence-corrected chi connectivity index (χ0v) is 22.3. The lowest BCUT2D eigenvalue weighted by Gasteiger charge is -2.34. The molecule has 2 aliphatic heterocycles. The average molecular weight is 511 g/mol. The van der Waals surface area contributed by atoms with Crippen LogP contribution < -0.4 is 4.90 Å². The lowest BCUT2D eigenvalue weighted by molar-refractivity contribution is -0.136. The third kappa shape index (κ3) is 4.36. The molecule has 0 unspecified atom stereocenters. The first kappa shape index (κ1) is 24.6. The largest absolute Gasteiger partial charge is 0.481 e. The zero-order valence-electron chi connectivity index (χ0n) is 22.3. The first-order chi connectivity index (χ1) is 18.4. The van der Waals surface area contributed by atoms with Crippen molar-refractivity contribution in [2.75, 3.05) is 37.7 Å². The summed E-state index contributed by atoms with van der Waals surface area (Å²) in [6, 6.07) is 16.9. The summed E-state index contributed by atoms with van der Waals surface area (Å²) in [5, 5.41) is 11.1. The summed E-state index contributed by atoms with van der Waals surface area (Å²) < 4.78 is 7.89. The van der Waals surface area contributed by atoms with Crippen molar-refractivity contribution in [1.82, 2.24) is 14.5 Å². The number of aryl methyl sites for hydroxylation is 2. The molecule has 0 bridgehead atoms. The number of carboxylic acid groups (broad SMARTS) is 1. The highest BCUT2D eigenvalue weighted by atomic mass is 16.5. The quantitative estimate of drug-likeness (QED) is 0.383. The molecule has 1 saturated heterocycles. The zero-order chi connectivity index (χ0) is 26.4. The summed E-state index contributed by atoms with van der Waals surface area (Å²) >= 11 is 0. The molecule has 2 aliphatic rings. The monoisotopic (exact) mass is 510 g/mol. The van der Waals surface area contributed by atoms with Gasteiger partial charge in [-0.1, -0.05) is 35.9 Å². The van der Waals surface area contributed by atoms with E-state index in [0.717, 1.165) is 96.3 Å². The van der Waals surface area contributed by atoms with Gasteiger partial charge in [0.1, 0.15) is 5.82 Å². The van der Waals surface area contributed by atoms with Gasteiger partial charge in [-0.15, -0.1) is 0 Å². The van der Waals surface area contributed by atoms with Gasteiger partial charge in [-0.2, -0.15) is 0 Å². The smallest absolute Gasteiger partial charge is 0.307 e. The van der Waals surface area contributed by atoms with E-state index in [1.807, 2.05) is 0 Å². The van der Waals surface area contributed by atoms with Crippen LogP contribution in [0.15, 0.2) is 48.5 Å². The van der Waals surface area contributed by atoms with Gasteiger partial charge >= 0.3 is 5.97 Å². The molecular formula is C31H34N4O3. The Balaban J connectivity index is 1.52. The highest BCUT2D eigenvalue weighted by Gasteiger charge is 2.30. The number of nitrogens with zero attached hydrogens (tertiary/aromatic N) is 4. The first-order valence-electron chi connectivity index (χ1n) is 13.4. The van der Waals surface area contributed by atoms with Gasteiger partial charge in [0.25, 0.3) is 0 Å². The predicted octanol–water partition coefficient (Wildman–Crippen LogP) is 5.24. The van der Waals surface area contributed by atoms with Crippen LogP contribution in [0.25, 0.3) is 22.0 Å². The van der Waals surface area contributed by atoms with E-state index in [4.69, 9.17) is 9.72 Å². The summed E-state index contributed by atoms with van der Waals surface area (Å²) in [5.41, 5.74) is 9.61. The maximum atomic E-state index is 12.1. The average Bonchev–Trinajstić information content (AvgIpc) is 3.24. The van der Waals surface area contributed by atoms with Crippen molar-refractivity contribution in [3.05, 3.63) is 76.6 Å². The third-order valence-electron chi connectivity index (χ3n) is 7.95. The van der Waals surface area contributed by atoms with Crippen LogP contribution >= 0.6 is 0 Å². The Hall–Kier alpha value is -3.68. The molecule has 0 atom stereocenters. The molecule has 0 aliphatic carbocycles. The van der Waals surface area contributed by atoms with Gasteiger partial charge in [0.2, 0.25) is 0 Å². The fourth-order valence-corrected chi connectivity index (χ4v) is 6.07. The Labute approximate surface area is 223 Å². The predicted molar refractivity (Wildman–Crippen MR) is 150 cm³/mol. The van der Waals surface area contributed by atoms with Gasteiger partial charge in [0.05, 0.1) is 36.5 Å². The van der Waals surface area contributed by atoms with Crippen LogP contribution in [-0.4, -0.2) is 58.4 Å². The molecule has 7 nitrogen and oxygen atoms in total. The fraction of sp³-hybridized carbons (Fsp3) is 0.355. The molecule has 6 rings (SSSR count). The van der Waals surface area contributed by atoms with Crippen molar-refractivity contribution in [3.63, 3.8) is 0 Å². The summed E-state index contributed by atoms with van der Waals surface area (Å²) in [5.74, 6) is 0.0896. The number of pyridine rings is 1. The van der Waals surface area contributed by atoms with Crippen molar-refractivity contribution in [3.8, 4) is 11.1 Å². The number of anilines is 2. The van der Waals surface area contributed by atoms with Crippen molar-refractivity contribution in [2.45, 2.75) is 40.3 Å². The number of hydrogen-bond donors (Lipinski definition) is 1. The molecule has 2 aromatic carbocycles. The van der Waals surface area contributed by atoms with Crippen molar-refractivity contribution < 1.29 is 14.6 Å². The number of benzene rings is 2. The number of carboxylic acids is 1. The van der Waals surface area contributed by atoms with Gasteiger partial charge in [0, 0.05) is 43.8 Å². The van der Waals surface area contributed by atoms with E-state index in [1.165, 1.54) is 11.3 Å². The van der Waals surface area contributed by atoms with E-state index in [9.17, 15) is 9.90 Å². The molecule has 0 amide bonds. The Morgan fingerprint density at radius 1 is 1.00 bits per heavy atom. The summed E-state index contributed by atoms with van der Waals surface area (Å²) in [4.78, 5) is 21.9. The third-order valence-corrected chi connectivity index (χ3v) is 7.95. The second-order valence-corrected chi connectivity index (χ2v) is 10.5. The SMILES string of the molecule is Cc1ccc(-c2c(CC(=O)O)c(C)c3c4c2cc(C)n4CCN3c2cccc(CN3CCOCC3)n2)cc1. The molecule has 0 radical (unpaired) electrons. The first-order valence-corrected chi connectivity index (χ1v) is 13.4. The molecule has 7 heteroatoms. The maximum Gasteiger partial charge on any atom is 0.307 e. The highest BCUT2D eigenvalue weighted by molar-refractivity contribution is 6.08. The molecule has 0 spiro atoms. The van der Waals surface area contributed by atoms with Crippen LogP contribution in [-0.2, 0) is 29.0 Å². The molecule has 2 aromatic heterocycles. The van der Waals surface area contributed by atoms with Crippen LogP contribution in [0.3, 0.4) is 0 Å². The summed E-state index contributed by atoms with van der Waals surface area (Å²) in [7, 11) is 0. The Morgan fingerprint density at radius 3 is 2.50 bits per heavy atom. The number of aromatic nitrogens is 2. The van der Waals surface area contributed by atoms with Crippen LogP contribution in [0.4, 0.5) is 11.5 Å². The molecule has 4 heterocycles. The van der Waals surface area contributed by atoms with Crippen molar-refractivity contribution in [2.24, 2.45) is 0 Å². The standard InChI is InChI=1S/C31H34N4O3/c1-20-7-9-23(10-8-20)29-25(18-28(36)37)22(3)30-31-26(29)17-21(2)34(31)11-12-35(30)27-6-4-5-24(32-27)19-33-13-15-38-16-14-33/h4-10,17H,11-16,18-19H2,1-3H3,(H,36,37). The number of hydrogen-bond acceptors (Lipinski definition) is 5. The van der Waals surface area contributed by atoms with E-state index in [1.54, 1.807) is 0 Å². The summed E-state index contributed by atoms with van der Waals surface area (Å²) in [6.45, 7) is 12.1. The van der Waals surface area contributed by atoms with Crippen LogP contribution in [0.5, 0.6) is 0 Å². The number of rotatable bonds is 6. The van der Waals surface area contributed by atoms with E-state index in [0.29, 0.717) is 0 Å². The fourth-order valence-electron chi connectivity index (χ4n) is 6.07. The molecule has 38 heavy (non-hydrogen) atoms.